The molecule has 1 atom stereocenters. The second kappa shape index (κ2) is 1.92. The smallest absolute Gasteiger partial charge is 0.106 e. The maximum Gasteiger partial charge on any atom is 0.106 e. The van der Waals surface area contributed by atoms with Gasteiger partial charge in [0.25, 0.3) is 0 Å². The number of hydrogen-bond acceptors (Lipinski definition) is 4. The Kier molecular flexibility index (Phi) is 1.25. The lowest BCUT2D eigenvalue weighted by Crippen LogP contribution is -2.39. The first-order valence-electron chi connectivity index (χ1n) is 4.47. The van der Waals surface area contributed by atoms with Gasteiger partial charge in [-0.2, -0.15) is 0 Å². The molecule has 12 heavy (non-hydrogen) atoms. The Balaban J connectivity index is 2.32. The number of fused-ring (bicyclic) bond motifs is 1. The molecular weight excluding hydrogens is 152 g/mol. The molecule has 2 aliphatic heterocycles. The fourth-order valence-electron chi connectivity index (χ4n) is 2.53. The van der Waals surface area contributed by atoms with Crippen LogP contribution in [0.4, 0.5) is 0 Å². The second-order valence-corrected chi connectivity index (χ2v) is 4.47. The largest absolute Gasteiger partial charge is 0.288 e. The molecule has 1 unspecified atom stereocenters. The van der Waals surface area contributed by atoms with Crippen LogP contribution in [-0.4, -0.2) is 22.6 Å². The van der Waals surface area contributed by atoms with Gasteiger partial charge in [-0.1, -0.05) is 24.3 Å². The van der Waals surface area contributed by atoms with E-state index in [4.69, 9.17) is 0 Å². The predicted octanol–water partition coefficient (Wildman–Crippen LogP) is 1.36. The molecule has 0 saturated carbocycles. The Morgan fingerprint density at radius 1 is 1.42 bits per heavy atom. The molecule has 2 aliphatic rings. The fraction of sp³-hybridized carbons (Fsp3) is 1.00. The van der Waals surface area contributed by atoms with Crippen LogP contribution in [0.25, 0.3) is 0 Å². The second-order valence-electron chi connectivity index (χ2n) is 4.47. The molecule has 0 radical (unpaired) electrons. The van der Waals surface area contributed by atoms with Gasteiger partial charge >= 0.3 is 0 Å². The highest BCUT2D eigenvalue weighted by Crippen LogP contribution is 2.56. The van der Waals surface area contributed by atoms with E-state index in [0.717, 1.165) is 6.54 Å². The van der Waals surface area contributed by atoms with Crippen molar-refractivity contribution in [2.24, 2.45) is 16.4 Å². The van der Waals surface area contributed by atoms with Gasteiger partial charge < -0.3 is 0 Å². The van der Waals surface area contributed by atoms with Crippen molar-refractivity contribution >= 4 is 0 Å². The Morgan fingerprint density at radius 2 is 2.08 bits per heavy atom. The first kappa shape index (κ1) is 7.83. The predicted molar refractivity (Wildman–Crippen MR) is 46.3 cm³/mol. The summed E-state index contributed by atoms with van der Waals surface area (Å²) in [6.07, 6.45) is 0. The normalized spacial score (nSPS) is 36.2. The SMILES string of the molecule is CC(C)C12CNN=NN1C2(C)C. The highest BCUT2D eigenvalue weighted by molar-refractivity contribution is 5.25. The zero-order valence-electron chi connectivity index (χ0n) is 8.13. The minimum atomic E-state index is 0.175. The average Bonchev–Trinajstić information content (AvgIpc) is 2.52. The quantitative estimate of drug-likeness (QED) is 0.600. The van der Waals surface area contributed by atoms with Crippen LogP contribution in [0.3, 0.4) is 0 Å². The van der Waals surface area contributed by atoms with E-state index in [1.807, 2.05) is 0 Å². The number of nitrogens with zero attached hydrogens (tertiary/aromatic N) is 3. The van der Waals surface area contributed by atoms with Crippen LogP contribution in [-0.2, 0) is 0 Å². The Morgan fingerprint density at radius 3 is 2.50 bits per heavy atom. The van der Waals surface area contributed by atoms with Gasteiger partial charge in [-0.3, -0.25) is 10.4 Å². The maximum absolute atomic E-state index is 4.10. The Bertz CT molecular complexity index is 233. The molecule has 1 fully saturated rings. The summed E-state index contributed by atoms with van der Waals surface area (Å²) >= 11 is 0. The van der Waals surface area contributed by atoms with E-state index in [9.17, 15) is 0 Å². The summed E-state index contributed by atoms with van der Waals surface area (Å²) < 4.78 is 0. The molecule has 0 aliphatic carbocycles. The molecule has 2 rings (SSSR count). The number of hydrogen-bond donors (Lipinski definition) is 1. The van der Waals surface area contributed by atoms with Gasteiger partial charge in [0.05, 0.1) is 12.1 Å². The molecule has 0 bridgehead atoms. The lowest BCUT2D eigenvalue weighted by molar-refractivity contribution is 0.266. The van der Waals surface area contributed by atoms with Crippen molar-refractivity contribution in [2.45, 2.75) is 38.8 Å². The first-order chi connectivity index (χ1) is 5.53. The summed E-state index contributed by atoms with van der Waals surface area (Å²) in [5.41, 5.74) is 3.35. The lowest BCUT2D eigenvalue weighted by Gasteiger charge is -2.22. The van der Waals surface area contributed by atoms with E-state index >= 15 is 0 Å². The molecule has 2 heterocycles. The molecule has 1 saturated heterocycles. The van der Waals surface area contributed by atoms with Crippen LogP contribution in [0.5, 0.6) is 0 Å². The van der Waals surface area contributed by atoms with E-state index in [1.165, 1.54) is 0 Å². The maximum atomic E-state index is 4.10. The van der Waals surface area contributed by atoms with Crippen molar-refractivity contribution in [3.8, 4) is 0 Å². The van der Waals surface area contributed by atoms with Crippen LogP contribution < -0.4 is 5.43 Å². The van der Waals surface area contributed by atoms with Crippen molar-refractivity contribution in [2.75, 3.05) is 6.54 Å². The van der Waals surface area contributed by atoms with Crippen LogP contribution in [0, 0.1) is 5.92 Å². The highest BCUT2D eigenvalue weighted by atomic mass is 15.8. The van der Waals surface area contributed by atoms with Crippen molar-refractivity contribution < 1.29 is 0 Å². The van der Waals surface area contributed by atoms with Crippen LogP contribution in [0.15, 0.2) is 10.4 Å². The van der Waals surface area contributed by atoms with Crippen molar-refractivity contribution in [3.63, 3.8) is 0 Å². The van der Waals surface area contributed by atoms with Gasteiger partial charge in [-0.05, 0) is 19.8 Å². The van der Waals surface area contributed by atoms with Crippen LogP contribution >= 0.6 is 0 Å². The Labute approximate surface area is 73.0 Å². The number of nitrogens with one attached hydrogen (secondary N) is 1. The summed E-state index contributed by atoms with van der Waals surface area (Å²) in [7, 11) is 0. The lowest BCUT2D eigenvalue weighted by atomic mass is 9.85. The monoisotopic (exact) mass is 168 g/mol. The van der Waals surface area contributed by atoms with Crippen molar-refractivity contribution in [1.82, 2.24) is 10.4 Å². The van der Waals surface area contributed by atoms with Crippen LogP contribution in [0.1, 0.15) is 27.7 Å². The minimum absolute atomic E-state index is 0.175. The van der Waals surface area contributed by atoms with Gasteiger partial charge in [0.2, 0.25) is 0 Å². The molecule has 0 aromatic heterocycles. The van der Waals surface area contributed by atoms with E-state index in [2.05, 4.69) is 48.6 Å². The molecule has 4 heteroatoms. The average molecular weight is 168 g/mol. The third kappa shape index (κ3) is 0.597. The highest BCUT2D eigenvalue weighted by Gasteiger charge is 2.72. The van der Waals surface area contributed by atoms with Gasteiger partial charge in [-0.15, -0.1) is 0 Å². The molecular formula is C8H16N4. The summed E-state index contributed by atoms with van der Waals surface area (Å²) in [4.78, 5) is 0. The first-order valence-corrected chi connectivity index (χ1v) is 4.47. The van der Waals surface area contributed by atoms with Gasteiger partial charge in [0.1, 0.15) is 5.54 Å². The number of rotatable bonds is 1. The summed E-state index contributed by atoms with van der Waals surface area (Å²) in [6.45, 7) is 9.84. The standard InChI is InChI=1S/C8H16N4/c1-6(2)8-5-9-10-11-12(8)7(8,3)4/h6H,5H2,1-4H3,(H,9,11). The molecule has 0 aromatic rings. The van der Waals surface area contributed by atoms with Gasteiger partial charge in [0.15, 0.2) is 0 Å². The van der Waals surface area contributed by atoms with E-state index in [1.54, 1.807) is 0 Å². The van der Waals surface area contributed by atoms with E-state index in [0.29, 0.717) is 5.92 Å². The molecule has 4 nitrogen and oxygen atoms in total. The van der Waals surface area contributed by atoms with E-state index < -0.39 is 0 Å². The molecule has 0 aromatic carbocycles. The molecule has 0 spiro atoms. The topological polar surface area (TPSA) is 39.8 Å². The summed E-state index contributed by atoms with van der Waals surface area (Å²) in [5, 5.41) is 10.0. The molecule has 68 valence electrons. The summed E-state index contributed by atoms with van der Waals surface area (Å²) in [6, 6.07) is 0. The fourth-order valence-corrected chi connectivity index (χ4v) is 2.53. The molecule has 1 N–H and O–H groups in total. The Hall–Kier alpha value is -0.800. The zero-order valence-corrected chi connectivity index (χ0v) is 8.13. The third-order valence-electron chi connectivity index (χ3n) is 3.43. The van der Waals surface area contributed by atoms with Gasteiger partial charge in [-0.25, -0.2) is 0 Å². The zero-order chi connectivity index (χ0) is 8.98. The third-order valence-corrected chi connectivity index (χ3v) is 3.43. The minimum Gasteiger partial charge on any atom is -0.288 e. The van der Waals surface area contributed by atoms with Crippen LogP contribution in [0.2, 0.25) is 0 Å². The van der Waals surface area contributed by atoms with Crippen molar-refractivity contribution in [1.29, 1.82) is 0 Å². The molecule has 0 amide bonds. The van der Waals surface area contributed by atoms with E-state index in [-0.39, 0.29) is 11.1 Å². The van der Waals surface area contributed by atoms with Gasteiger partial charge in [0, 0.05) is 0 Å². The van der Waals surface area contributed by atoms with Crippen molar-refractivity contribution in [3.05, 3.63) is 0 Å². The summed E-state index contributed by atoms with van der Waals surface area (Å²) in [5.74, 6) is 0.610.